The first kappa shape index (κ1) is 21.9. The molecule has 1 aromatic carbocycles. The van der Waals surface area contributed by atoms with Gasteiger partial charge in [0.15, 0.2) is 0 Å². The largest absolute Gasteiger partial charge is 1.00 e. The first-order valence-electron chi connectivity index (χ1n) is 8.51. The third-order valence-corrected chi connectivity index (χ3v) is 3.75. The second-order valence-corrected chi connectivity index (χ2v) is 5.90. The van der Waals surface area contributed by atoms with Crippen molar-refractivity contribution in [1.82, 2.24) is 4.57 Å². The van der Waals surface area contributed by atoms with Crippen molar-refractivity contribution in [3.05, 3.63) is 54.6 Å². The quantitative estimate of drug-likeness (QED) is 0.232. The van der Waals surface area contributed by atoms with Crippen LogP contribution in [0.1, 0.15) is 37.8 Å². The predicted octanol–water partition coefficient (Wildman–Crippen LogP) is -0.665. The lowest BCUT2D eigenvalue weighted by atomic mass is 10.2. The number of hydrogen-bond donors (Lipinski definition) is 0. The van der Waals surface area contributed by atoms with Crippen molar-refractivity contribution in [3.8, 4) is 0 Å². The molecule has 0 aliphatic carbocycles. The number of esters is 2. The van der Waals surface area contributed by atoms with Gasteiger partial charge in [-0.1, -0.05) is 50.1 Å². The average molecular weight is 425 g/mol. The summed E-state index contributed by atoms with van der Waals surface area (Å²) in [5.74, 6) is -1.22. The monoisotopic (exact) mass is 424 g/mol. The van der Waals surface area contributed by atoms with E-state index in [1.54, 1.807) is 23.3 Å². The highest BCUT2D eigenvalue weighted by Gasteiger charge is 2.36. The fraction of sp³-hybridized carbons (Fsp3) is 0.421. The molecule has 0 aliphatic rings. The molecule has 0 aliphatic heterocycles. The van der Waals surface area contributed by atoms with Crippen molar-refractivity contribution in [2.75, 3.05) is 6.61 Å². The van der Waals surface area contributed by atoms with Gasteiger partial charge < -0.3 is 26.5 Å². The van der Waals surface area contributed by atoms with Crippen LogP contribution in [0.3, 0.4) is 0 Å². The summed E-state index contributed by atoms with van der Waals surface area (Å²) in [5.41, 5.74) is 0.865. The molecule has 1 unspecified atom stereocenters. The number of carbonyl (C=O) groups is 2. The maximum atomic E-state index is 12.5. The number of aryl methyl sites for hydroxylation is 1. The normalized spacial score (nSPS) is 11.3. The van der Waals surface area contributed by atoms with Crippen LogP contribution in [0.25, 0.3) is 0 Å². The molecular weight excluding hydrogens is 400 g/mol. The van der Waals surface area contributed by atoms with Crippen molar-refractivity contribution in [2.45, 2.75) is 38.8 Å². The van der Waals surface area contributed by atoms with Crippen LogP contribution in [0, 0.1) is 0 Å². The van der Waals surface area contributed by atoms with E-state index in [1.807, 2.05) is 37.4 Å². The molecule has 1 atom stereocenters. The third-order valence-electron chi connectivity index (χ3n) is 3.75. The Hall–Kier alpha value is -2.15. The Morgan fingerprint density at radius 2 is 1.81 bits per heavy atom. The average Bonchev–Trinajstić information content (AvgIpc) is 3.04. The van der Waals surface area contributed by atoms with E-state index < -0.39 is 18.0 Å². The highest BCUT2D eigenvalue weighted by atomic mass is 79.9. The molecule has 0 radical (unpaired) electrons. The number of unbranched alkanes of at least 4 members (excludes halogenated alkanes) is 2. The van der Waals surface area contributed by atoms with E-state index in [1.165, 1.54) is 4.57 Å². The number of rotatable bonds is 9. The Morgan fingerprint density at radius 1 is 1.12 bits per heavy atom. The maximum absolute atomic E-state index is 12.5. The summed E-state index contributed by atoms with van der Waals surface area (Å²) < 4.78 is 13.9. The van der Waals surface area contributed by atoms with Crippen LogP contribution >= 0.6 is 0 Å². The van der Waals surface area contributed by atoms with Crippen LogP contribution in [-0.2, 0) is 32.7 Å². The molecule has 0 spiro atoms. The van der Waals surface area contributed by atoms with Crippen LogP contribution in [0.15, 0.2) is 49.1 Å². The van der Waals surface area contributed by atoms with Gasteiger partial charge in [0.2, 0.25) is 6.33 Å². The Labute approximate surface area is 164 Å². The molecule has 7 heteroatoms. The van der Waals surface area contributed by atoms with E-state index in [2.05, 4.69) is 6.92 Å². The van der Waals surface area contributed by atoms with E-state index in [-0.39, 0.29) is 23.6 Å². The van der Waals surface area contributed by atoms with Crippen molar-refractivity contribution in [3.63, 3.8) is 0 Å². The second kappa shape index (κ2) is 11.5. The van der Waals surface area contributed by atoms with Gasteiger partial charge in [-0.25, -0.2) is 18.7 Å². The Balaban J connectivity index is 0.00000338. The number of benzene rings is 1. The maximum Gasteiger partial charge on any atom is 0.364 e. The van der Waals surface area contributed by atoms with Gasteiger partial charge in [-0.2, -0.15) is 0 Å². The zero-order valence-electron chi connectivity index (χ0n) is 15.1. The SMILES string of the molecule is CCCCCOC(=O)C(C(=O)OCc1ccccc1)n1cc[n+](C)c1.[Br-]. The smallest absolute Gasteiger partial charge is 0.364 e. The minimum atomic E-state index is -1.13. The fourth-order valence-electron chi connectivity index (χ4n) is 2.37. The molecule has 0 saturated heterocycles. The molecule has 1 heterocycles. The molecule has 1 aromatic heterocycles. The predicted molar refractivity (Wildman–Crippen MR) is 91.4 cm³/mol. The summed E-state index contributed by atoms with van der Waals surface area (Å²) in [4.78, 5) is 24.9. The fourth-order valence-corrected chi connectivity index (χ4v) is 2.37. The van der Waals surface area contributed by atoms with E-state index >= 15 is 0 Å². The first-order chi connectivity index (χ1) is 12.1. The van der Waals surface area contributed by atoms with Crippen LogP contribution in [0.2, 0.25) is 0 Å². The Morgan fingerprint density at radius 3 is 2.42 bits per heavy atom. The topological polar surface area (TPSA) is 61.4 Å². The lowest BCUT2D eigenvalue weighted by molar-refractivity contribution is -0.671. The molecule has 0 bridgehead atoms. The van der Waals surface area contributed by atoms with Crippen LogP contribution in [0.5, 0.6) is 0 Å². The van der Waals surface area contributed by atoms with Crippen molar-refractivity contribution < 1.29 is 40.6 Å². The Bertz CT molecular complexity index is 688. The highest BCUT2D eigenvalue weighted by molar-refractivity contribution is 5.97. The van der Waals surface area contributed by atoms with Gasteiger partial charge in [0.05, 0.1) is 13.7 Å². The van der Waals surface area contributed by atoms with E-state index in [0.29, 0.717) is 6.61 Å². The third kappa shape index (κ3) is 6.63. The van der Waals surface area contributed by atoms with Gasteiger partial charge >= 0.3 is 11.9 Å². The lowest BCUT2D eigenvalue weighted by Crippen LogP contribution is -3.00. The summed E-state index contributed by atoms with van der Waals surface area (Å²) in [5, 5.41) is 0. The Kier molecular flexibility index (Phi) is 9.65. The van der Waals surface area contributed by atoms with Crippen LogP contribution < -0.4 is 21.5 Å². The molecular formula is C19H25BrN2O4. The van der Waals surface area contributed by atoms with Crippen molar-refractivity contribution in [1.29, 1.82) is 0 Å². The summed E-state index contributed by atoms with van der Waals surface area (Å²) in [6, 6.07) is 8.22. The number of hydrogen-bond acceptors (Lipinski definition) is 4. The standard InChI is InChI=1S/C19H25N2O4.BrH/c1-3-4-8-13-24-18(22)17(21-12-11-20(2)15-21)19(23)25-14-16-9-6-5-7-10-16;/h5-7,9-12,15,17H,3-4,8,13-14H2,1-2H3;1H/q+1;/p-1. The minimum Gasteiger partial charge on any atom is -1.00 e. The molecule has 2 rings (SSSR count). The van der Waals surface area contributed by atoms with Crippen LogP contribution in [0.4, 0.5) is 0 Å². The van der Waals surface area contributed by atoms with Crippen molar-refractivity contribution >= 4 is 11.9 Å². The zero-order chi connectivity index (χ0) is 18.1. The molecule has 0 N–H and O–H groups in total. The van der Waals surface area contributed by atoms with Gasteiger partial charge in [0.1, 0.15) is 19.0 Å². The number of nitrogens with zero attached hydrogens (tertiary/aromatic N) is 2. The molecule has 2 aromatic rings. The molecule has 0 amide bonds. The summed E-state index contributed by atoms with van der Waals surface area (Å²) in [6.07, 6.45) is 7.86. The molecule has 0 fully saturated rings. The lowest BCUT2D eigenvalue weighted by Gasteiger charge is -2.13. The van der Waals surface area contributed by atoms with E-state index in [0.717, 1.165) is 24.8 Å². The second-order valence-electron chi connectivity index (χ2n) is 5.90. The number of ether oxygens (including phenoxy) is 2. The number of carbonyl (C=O) groups excluding carboxylic acids is 2. The molecule has 6 nitrogen and oxygen atoms in total. The molecule has 0 saturated carbocycles. The van der Waals surface area contributed by atoms with E-state index in [9.17, 15) is 9.59 Å². The molecule has 26 heavy (non-hydrogen) atoms. The highest BCUT2D eigenvalue weighted by Crippen LogP contribution is 2.13. The van der Waals surface area contributed by atoms with E-state index in [4.69, 9.17) is 9.47 Å². The summed E-state index contributed by atoms with van der Waals surface area (Å²) in [6.45, 7) is 2.50. The number of aromatic nitrogens is 2. The van der Waals surface area contributed by atoms with Gasteiger partial charge in [0.25, 0.3) is 6.04 Å². The van der Waals surface area contributed by atoms with Crippen molar-refractivity contribution in [2.24, 2.45) is 7.05 Å². The van der Waals surface area contributed by atoms with Gasteiger partial charge in [-0.05, 0) is 12.0 Å². The minimum absolute atomic E-state index is 0. The van der Waals surface area contributed by atoms with Gasteiger partial charge in [0, 0.05) is 0 Å². The summed E-state index contributed by atoms with van der Waals surface area (Å²) >= 11 is 0. The van der Waals surface area contributed by atoms with Gasteiger partial charge in [-0.3, -0.25) is 0 Å². The first-order valence-corrected chi connectivity index (χ1v) is 8.51. The zero-order valence-corrected chi connectivity index (χ0v) is 16.7. The summed E-state index contributed by atoms with van der Waals surface area (Å²) in [7, 11) is 1.81. The number of halogens is 1. The number of imidazole rings is 1. The van der Waals surface area contributed by atoms with Crippen LogP contribution in [-0.4, -0.2) is 23.1 Å². The van der Waals surface area contributed by atoms with Gasteiger partial charge in [-0.15, -0.1) is 0 Å². The molecule has 142 valence electrons.